The number of hydrogen-bond donors (Lipinski definition) is 1. The van der Waals surface area contributed by atoms with E-state index in [2.05, 4.69) is 5.32 Å². The first-order chi connectivity index (χ1) is 15.3. The minimum absolute atomic E-state index is 0.216. The molecule has 32 heavy (non-hydrogen) atoms. The highest BCUT2D eigenvalue weighted by Gasteiger charge is 2.35. The second kappa shape index (κ2) is 8.96. The maximum Gasteiger partial charge on any atom is 0.302 e. The van der Waals surface area contributed by atoms with E-state index in [0.717, 1.165) is 11.1 Å². The van der Waals surface area contributed by atoms with Crippen LogP contribution in [0.15, 0.2) is 47.3 Å². The van der Waals surface area contributed by atoms with E-state index in [-0.39, 0.29) is 17.6 Å². The molecule has 6 nitrogen and oxygen atoms in total. The molecule has 1 N–H and O–H groups in total. The summed E-state index contributed by atoms with van der Waals surface area (Å²) >= 11 is 12.4. The molecule has 1 heterocycles. The van der Waals surface area contributed by atoms with Crippen LogP contribution in [0, 0.1) is 6.92 Å². The number of esters is 1. The van der Waals surface area contributed by atoms with Crippen LogP contribution in [0.3, 0.4) is 0 Å². The van der Waals surface area contributed by atoms with Crippen molar-refractivity contribution in [2.45, 2.75) is 45.9 Å². The molecule has 166 valence electrons. The van der Waals surface area contributed by atoms with Crippen LogP contribution in [0.4, 0.5) is 5.69 Å². The van der Waals surface area contributed by atoms with E-state index < -0.39 is 6.10 Å². The molecule has 0 fully saturated rings. The van der Waals surface area contributed by atoms with Gasteiger partial charge in [0.1, 0.15) is 17.6 Å². The SMILES string of the molecule is CCn1c(-c2ccc(Cl)cc2Cl)nc(C)c(NC2c3ccccc3CC2OC(C)=O)c1=O. The van der Waals surface area contributed by atoms with Gasteiger partial charge >= 0.3 is 5.97 Å². The van der Waals surface area contributed by atoms with Gasteiger partial charge in [0.15, 0.2) is 0 Å². The summed E-state index contributed by atoms with van der Waals surface area (Å²) in [5, 5.41) is 4.27. The van der Waals surface area contributed by atoms with Gasteiger partial charge < -0.3 is 10.1 Å². The molecule has 3 aromatic rings. The number of carbonyl (C=O) groups excluding carboxylic acids is 1. The average molecular weight is 472 g/mol. The van der Waals surface area contributed by atoms with Crippen molar-refractivity contribution in [3.63, 3.8) is 0 Å². The van der Waals surface area contributed by atoms with Crippen molar-refractivity contribution in [2.75, 3.05) is 5.32 Å². The van der Waals surface area contributed by atoms with Crippen molar-refractivity contribution in [3.8, 4) is 11.4 Å². The molecule has 8 heteroatoms. The Morgan fingerprint density at radius 2 is 2.00 bits per heavy atom. The number of nitrogens with one attached hydrogen (secondary N) is 1. The van der Waals surface area contributed by atoms with Gasteiger partial charge in [0.25, 0.3) is 5.56 Å². The van der Waals surface area contributed by atoms with Crippen molar-refractivity contribution in [3.05, 3.63) is 79.7 Å². The quantitative estimate of drug-likeness (QED) is 0.518. The minimum Gasteiger partial charge on any atom is -0.460 e. The molecule has 1 aliphatic carbocycles. The van der Waals surface area contributed by atoms with Gasteiger partial charge in [-0.15, -0.1) is 0 Å². The van der Waals surface area contributed by atoms with Crippen LogP contribution in [0.5, 0.6) is 0 Å². The van der Waals surface area contributed by atoms with Gasteiger partial charge in [-0.1, -0.05) is 47.5 Å². The van der Waals surface area contributed by atoms with Crippen LogP contribution < -0.4 is 10.9 Å². The van der Waals surface area contributed by atoms with E-state index in [4.69, 9.17) is 32.9 Å². The molecule has 4 rings (SSSR count). The fourth-order valence-corrected chi connectivity index (χ4v) is 4.70. The summed E-state index contributed by atoms with van der Waals surface area (Å²) < 4.78 is 7.15. The highest BCUT2D eigenvalue weighted by atomic mass is 35.5. The van der Waals surface area contributed by atoms with E-state index >= 15 is 0 Å². The third-order valence-electron chi connectivity index (χ3n) is 5.64. The van der Waals surface area contributed by atoms with Gasteiger partial charge in [0, 0.05) is 30.5 Å². The highest BCUT2D eigenvalue weighted by Crippen LogP contribution is 2.36. The summed E-state index contributed by atoms with van der Waals surface area (Å²) in [6, 6.07) is 12.6. The number of halogens is 2. The van der Waals surface area contributed by atoms with Gasteiger partial charge in [-0.2, -0.15) is 0 Å². The number of hydrogen-bond acceptors (Lipinski definition) is 5. The molecule has 0 spiro atoms. The zero-order valence-electron chi connectivity index (χ0n) is 18.0. The van der Waals surface area contributed by atoms with E-state index in [1.807, 2.05) is 31.2 Å². The first-order valence-electron chi connectivity index (χ1n) is 10.4. The number of benzene rings is 2. The van der Waals surface area contributed by atoms with Gasteiger partial charge in [-0.05, 0) is 43.2 Å². The van der Waals surface area contributed by atoms with Crippen LogP contribution in [-0.4, -0.2) is 21.6 Å². The summed E-state index contributed by atoms with van der Waals surface area (Å²) in [6.07, 6.45) is 0.171. The Morgan fingerprint density at radius 3 is 2.69 bits per heavy atom. The molecule has 0 aliphatic heterocycles. The van der Waals surface area contributed by atoms with Gasteiger partial charge in [0.05, 0.1) is 16.8 Å². The van der Waals surface area contributed by atoms with Crippen molar-refractivity contribution in [2.24, 2.45) is 0 Å². The Labute approximate surface area is 196 Å². The number of aryl methyl sites for hydroxylation is 1. The summed E-state index contributed by atoms with van der Waals surface area (Å²) in [6.45, 7) is 5.45. The zero-order chi connectivity index (χ0) is 23.0. The van der Waals surface area contributed by atoms with Crippen LogP contribution in [0.25, 0.3) is 11.4 Å². The van der Waals surface area contributed by atoms with Crippen molar-refractivity contribution in [1.29, 1.82) is 0 Å². The van der Waals surface area contributed by atoms with E-state index in [1.54, 1.807) is 29.7 Å². The zero-order valence-corrected chi connectivity index (χ0v) is 19.5. The molecule has 1 aromatic heterocycles. The van der Waals surface area contributed by atoms with E-state index in [9.17, 15) is 9.59 Å². The Balaban J connectivity index is 1.79. The molecule has 2 aromatic carbocycles. The van der Waals surface area contributed by atoms with Crippen LogP contribution >= 0.6 is 23.2 Å². The number of rotatable bonds is 5. The lowest BCUT2D eigenvalue weighted by atomic mass is 10.1. The standard InChI is InChI=1S/C24H23Cl2N3O3/c1-4-29-23(18-10-9-16(25)12-19(18)26)27-13(2)21(24(29)31)28-22-17-8-6-5-7-15(17)11-20(22)32-14(3)30/h5-10,12,20,22,28H,4,11H2,1-3H3. The van der Waals surface area contributed by atoms with Crippen LogP contribution in [0.1, 0.15) is 36.7 Å². The molecular weight excluding hydrogens is 449 g/mol. The number of nitrogens with zero attached hydrogens (tertiary/aromatic N) is 2. The normalized spacial score (nSPS) is 17.2. The van der Waals surface area contributed by atoms with Gasteiger partial charge in [-0.25, -0.2) is 4.98 Å². The predicted octanol–water partition coefficient (Wildman–Crippen LogP) is 5.19. The number of anilines is 1. The summed E-state index contributed by atoms with van der Waals surface area (Å²) in [4.78, 5) is 29.9. The molecule has 1 aliphatic rings. The van der Waals surface area contributed by atoms with Crippen molar-refractivity contribution >= 4 is 34.9 Å². The maximum absolute atomic E-state index is 13.5. The average Bonchev–Trinajstić information content (AvgIpc) is 3.07. The molecule has 2 unspecified atom stereocenters. The van der Waals surface area contributed by atoms with Crippen molar-refractivity contribution < 1.29 is 9.53 Å². The first-order valence-corrected chi connectivity index (χ1v) is 11.1. The molecule has 2 atom stereocenters. The molecule has 0 bridgehead atoms. The lowest BCUT2D eigenvalue weighted by molar-refractivity contribution is -0.146. The molecule has 0 radical (unpaired) electrons. The second-order valence-corrected chi connectivity index (χ2v) is 8.59. The number of carbonyl (C=O) groups is 1. The van der Waals surface area contributed by atoms with E-state index in [0.29, 0.717) is 45.8 Å². The fraction of sp³-hybridized carbons (Fsp3) is 0.292. The topological polar surface area (TPSA) is 73.2 Å². The summed E-state index contributed by atoms with van der Waals surface area (Å²) in [5.41, 5.74) is 3.42. The molecule has 0 saturated carbocycles. The smallest absolute Gasteiger partial charge is 0.302 e. The second-order valence-electron chi connectivity index (χ2n) is 7.74. The third kappa shape index (κ3) is 4.12. The first kappa shape index (κ1) is 22.4. The molecule has 0 saturated heterocycles. The predicted molar refractivity (Wildman–Crippen MR) is 126 cm³/mol. The van der Waals surface area contributed by atoms with Gasteiger partial charge in [-0.3, -0.25) is 14.2 Å². The monoisotopic (exact) mass is 471 g/mol. The lowest BCUT2D eigenvalue weighted by Crippen LogP contribution is -2.32. The highest BCUT2D eigenvalue weighted by molar-refractivity contribution is 6.36. The molecular formula is C24H23Cl2N3O3. The van der Waals surface area contributed by atoms with E-state index in [1.165, 1.54) is 6.92 Å². The van der Waals surface area contributed by atoms with Gasteiger partial charge in [0.2, 0.25) is 0 Å². The van der Waals surface area contributed by atoms with Crippen LogP contribution in [-0.2, 0) is 22.5 Å². The largest absolute Gasteiger partial charge is 0.460 e. The fourth-order valence-electron chi connectivity index (χ4n) is 4.20. The maximum atomic E-state index is 13.5. The summed E-state index contributed by atoms with van der Waals surface area (Å²) in [5.74, 6) is 0.119. The Kier molecular flexibility index (Phi) is 6.26. The molecule has 0 amide bonds. The Morgan fingerprint density at radius 1 is 1.25 bits per heavy atom. The third-order valence-corrected chi connectivity index (χ3v) is 6.19. The Hall–Kier alpha value is -2.83. The minimum atomic E-state index is -0.413. The van der Waals surface area contributed by atoms with Crippen LogP contribution in [0.2, 0.25) is 10.0 Å². The number of aromatic nitrogens is 2. The van der Waals surface area contributed by atoms with Crippen molar-refractivity contribution in [1.82, 2.24) is 9.55 Å². The lowest BCUT2D eigenvalue weighted by Gasteiger charge is -2.24. The number of ether oxygens (including phenoxy) is 1. The Bertz CT molecular complexity index is 1260. The number of fused-ring (bicyclic) bond motifs is 1. The summed E-state index contributed by atoms with van der Waals surface area (Å²) in [7, 11) is 0.